The van der Waals surface area contributed by atoms with Crippen LogP contribution >= 0.6 is 0 Å². The fraction of sp³-hybridized carbons (Fsp3) is 0.440. The van der Waals surface area contributed by atoms with E-state index in [2.05, 4.69) is 5.32 Å². The summed E-state index contributed by atoms with van der Waals surface area (Å²) in [5.41, 5.74) is 2.26. The Kier molecular flexibility index (Phi) is 9.49. The number of carbonyl (C=O) groups is 2. The number of anilines is 1. The van der Waals surface area contributed by atoms with E-state index < -0.39 is 28.5 Å². The molecular formula is C25H35N3O5S. The van der Waals surface area contributed by atoms with Crippen LogP contribution in [0.5, 0.6) is 5.75 Å². The van der Waals surface area contributed by atoms with Crippen LogP contribution in [-0.2, 0) is 26.2 Å². The molecule has 0 saturated carbocycles. The topological polar surface area (TPSA) is 96.0 Å². The van der Waals surface area contributed by atoms with E-state index in [9.17, 15) is 18.0 Å². The largest absolute Gasteiger partial charge is 0.497 e. The molecule has 0 aliphatic carbocycles. The van der Waals surface area contributed by atoms with Crippen molar-refractivity contribution in [2.75, 3.05) is 24.2 Å². The zero-order valence-electron chi connectivity index (χ0n) is 20.7. The molecule has 0 fully saturated rings. The summed E-state index contributed by atoms with van der Waals surface area (Å²) < 4.78 is 31.3. The van der Waals surface area contributed by atoms with Gasteiger partial charge in [-0.1, -0.05) is 36.8 Å². The van der Waals surface area contributed by atoms with Crippen molar-refractivity contribution in [2.45, 2.75) is 52.7 Å². The van der Waals surface area contributed by atoms with Gasteiger partial charge in [0.05, 0.1) is 19.1 Å². The summed E-state index contributed by atoms with van der Waals surface area (Å²) in [4.78, 5) is 27.8. The van der Waals surface area contributed by atoms with Gasteiger partial charge in [0.15, 0.2) is 0 Å². The molecule has 0 aromatic heterocycles. The monoisotopic (exact) mass is 489 g/mol. The highest BCUT2D eigenvalue weighted by molar-refractivity contribution is 7.92. The number of methoxy groups -OCH3 is 1. The van der Waals surface area contributed by atoms with Crippen molar-refractivity contribution in [2.24, 2.45) is 0 Å². The molecule has 2 rings (SSSR count). The lowest BCUT2D eigenvalue weighted by Crippen LogP contribution is -2.52. The van der Waals surface area contributed by atoms with Crippen molar-refractivity contribution < 1.29 is 22.7 Å². The van der Waals surface area contributed by atoms with E-state index in [1.165, 1.54) is 12.0 Å². The Balaban J connectivity index is 2.36. The van der Waals surface area contributed by atoms with Gasteiger partial charge in [0.25, 0.3) is 0 Å². The summed E-state index contributed by atoms with van der Waals surface area (Å²) in [6.45, 7) is 7.22. The van der Waals surface area contributed by atoms with Gasteiger partial charge in [-0.05, 0) is 57.0 Å². The number of nitrogens with zero attached hydrogens (tertiary/aromatic N) is 2. The minimum atomic E-state index is -3.77. The molecule has 34 heavy (non-hydrogen) atoms. The summed E-state index contributed by atoms with van der Waals surface area (Å²) in [5, 5.41) is 2.91. The van der Waals surface area contributed by atoms with Crippen LogP contribution < -0.4 is 14.4 Å². The molecule has 2 unspecified atom stereocenters. The van der Waals surface area contributed by atoms with Crippen molar-refractivity contribution >= 4 is 27.5 Å². The first kappa shape index (κ1) is 27.2. The number of sulfonamides is 1. The number of hydrogen-bond donors (Lipinski definition) is 1. The highest BCUT2D eigenvalue weighted by Crippen LogP contribution is 2.22. The van der Waals surface area contributed by atoms with E-state index in [1.54, 1.807) is 31.2 Å². The predicted octanol–water partition coefficient (Wildman–Crippen LogP) is 3.10. The Morgan fingerprint density at radius 3 is 2.12 bits per heavy atom. The Hall–Kier alpha value is -3.07. The van der Waals surface area contributed by atoms with Crippen molar-refractivity contribution in [3.63, 3.8) is 0 Å². The lowest BCUT2D eigenvalue weighted by molar-refractivity contribution is -0.139. The van der Waals surface area contributed by atoms with Gasteiger partial charge in [0.1, 0.15) is 18.3 Å². The average molecular weight is 490 g/mol. The number of hydrogen-bond acceptors (Lipinski definition) is 5. The van der Waals surface area contributed by atoms with Crippen molar-refractivity contribution in [3.05, 3.63) is 59.7 Å². The third kappa shape index (κ3) is 7.48. The quantitative estimate of drug-likeness (QED) is 0.523. The first-order valence-electron chi connectivity index (χ1n) is 11.2. The van der Waals surface area contributed by atoms with Crippen LogP contribution in [0.15, 0.2) is 48.5 Å². The van der Waals surface area contributed by atoms with Crippen molar-refractivity contribution in [1.82, 2.24) is 10.2 Å². The molecule has 186 valence electrons. The summed E-state index contributed by atoms with van der Waals surface area (Å²) in [6, 6.07) is 13.2. The third-order valence-corrected chi connectivity index (χ3v) is 6.82. The van der Waals surface area contributed by atoms with Crippen molar-refractivity contribution in [1.29, 1.82) is 0 Å². The Morgan fingerprint density at radius 2 is 1.62 bits per heavy atom. The standard InChI is InChI=1S/C25H35N3O5S/c1-7-19(3)26-25(30)20(4)27(16-21-10-8-18(2)9-11-21)24(29)17-28(34(6,31)32)22-12-14-23(33-5)15-13-22/h8-15,19-20H,7,16-17H2,1-6H3,(H,26,30). The van der Waals surface area contributed by atoms with Gasteiger partial charge >= 0.3 is 0 Å². The smallest absolute Gasteiger partial charge is 0.244 e. The molecule has 2 amide bonds. The molecule has 0 heterocycles. The average Bonchev–Trinajstić information content (AvgIpc) is 2.80. The lowest BCUT2D eigenvalue weighted by atomic mass is 10.1. The third-order valence-electron chi connectivity index (χ3n) is 5.68. The highest BCUT2D eigenvalue weighted by atomic mass is 32.2. The van der Waals surface area contributed by atoms with Gasteiger partial charge in [0.2, 0.25) is 21.8 Å². The van der Waals surface area contributed by atoms with Gasteiger partial charge in [-0.15, -0.1) is 0 Å². The first-order chi connectivity index (χ1) is 16.0. The van der Waals surface area contributed by atoms with Gasteiger partial charge in [-0.3, -0.25) is 13.9 Å². The van der Waals surface area contributed by atoms with Crippen LogP contribution in [0, 0.1) is 6.92 Å². The SMILES string of the molecule is CCC(C)NC(=O)C(C)N(Cc1ccc(C)cc1)C(=O)CN(c1ccc(OC)cc1)S(C)(=O)=O. The normalized spacial score (nSPS) is 13.0. The maximum Gasteiger partial charge on any atom is 0.244 e. The number of nitrogens with one attached hydrogen (secondary N) is 1. The van der Waals surface area contributed by atoms with E-state index in [0.29, 0.717) is 11.4 Å². The number of benzene rings is 2. The van der Waals surface area contributed by atoms with Gasteiger partial charge in [-0.25, -0.2) is 8.42 Å². The van der Waals surface area contributed by atoms with Crippen molar-refractivity contribution in [3.8, 4) is 5.75 Å². The van der Waals surface area contributed by atoms with Crippen LogP contribution in [0.3, 0.4) is 0 Å². The van der Waals surface area contributed by atoms with E-state index in [-0.39, 0.29) is 18.5 Å². The second-order valence-corrected chi connectivity index (χ2v) is 10.4. The summed E-state index contributed by atoms with van der Waals surface area (Å²) >= 11 is 0. The minimum absolute atomic E-state index is 0.0434. The second kappa shape index (κ2) is 11.9. The first-order valence-corrected chi connectivity index (χ1v) is 13.1. The van der Waals surface area contributed by atoms with Gasteiger partial charge < -0.3 is 15.0 Å². The van der Waals surface area contributed by atoms with Gasteiger partial charge in [-0.2, -0.15) is 0 Å². The molecule has 0 spiro atoms. The second-order valence-electron chi connectivity index (χ2n) is 8.47. The number of aryl methyl sites for hydroxylation is 1. The molecule has 0 aliphatic rings. The zero-order chi connectivity index (χ0) is 25.5. The zero-order valence-corrected chi connectivity index (χ0v) is 21.6. The lowest BCUT2D eigenvalue weighted by Gasteiger charge is -2.32. The molecular weight excluding hydrogens is 454 g/mol. The number of amides is 2. The van der Waals surface area contributed by atoms with Crippen LogP contribution in [0.25, 0.3) is 0 Å². The summed E-state index contributed by atoms with van der Waals surface area (Å²) in [5.74, 6) is -0.196. The fourth-order valence-electron chi connectivity index (χ4n) is 3.30. The maximum absolute atomic E-state index is 13.5. The molecule has 2 aromatic carbocycles. The number of rotatable bonds is 11. The molecule has 8 nitrogen and oxygen atoms in total. The molecule has 9 heteroatoms. The Bertz CT molecular complexity index is 1070. The van der Waals surface area contributed by atoms with E-state index in [1.807, 2.05) is 45.0 Å². The molecule has 2 aromatic rings. The molecule has 0 radical (unpaired) electrons. The van der Waals surface area contributed by atoms with Crippen LogP contribution in [0.1, 0.15) is 38.3 Å². The molecule has 0 aliphatic heterocycles. The Morgan fingerprint density at radius 1 is 1.03 bits per heavy atom. The summed E-state index contributed by atoms with van der Waals surface area (Å²) in [6.07, 6.45) is 1.80. The summed E-state index contributed by atoms with van der Waals surface area (Å²) in [7, 11) is -2.25. The van der Waals surface area contributed by atoms with Gasteiger partial charge in [0, 0.05) is 12.6 Å². The van der Waals surface area contributed by atoms with E-state index in [0.717, 1.165) is 28.1 Å². The molecule has 0 saturated heterocycles. The van der Waals surface area contributed by atoms with E-state index >= 15 is 0 Å². The molecule has 0 bridgehead atoms. The molecule has 1 N–H and O–H groups in total. The number of ether oxygens (including phenoxy) is 1. The van der Waals surface area contributed by atoms with Crippen LogP contribution in [-0.4, -0.2) is 57.1 Å². The molecule has 2 atom stereocenters. The highest BCUT2D eigenvalue weighted by Gasteiger charge is 2.30. The van der Waals surface area contributed by atoms with Crippen LogP contribution in [0.2, 0.25) is 0 Å². The number of carbonyl (C=O) groups excluding carboxylic acids is 2. The predicted molar refractivity (Wildman–Crippen MR) is 134 cm³/mol. The van der Waals surface area contributed by atoms with Crippen LogP contribution in [0.4, 0.5) is 5.69 Å². The maximum atomic E-state index is 13.5. The minimum Gasteiger partial charge on any atom is -0.497 e. The fourth-order valence-corrected chi connectivity index (χ4v) is 4.15. The van der Waals surface area contributed by atoms with E-state index in [4.69, 9.17) is 4.74 Å². The Labute approximate surface area is 202 Å².